The Morgan fingerprint density at radius 1 is 1.38 bits per heavy atom. The molecule has 0 aromatic heterocycles. The fourth-order valence-corrected chi connectivity index (χ4v) is 2.04. The molecule has 0 amide bonds. The Labute approximate surface area is 82.3 Å². The van der Waals surface area contributed by atoms with Gasteiger partial charge in [-0.3, -0.25) is 0 Å². The lowest BCUT2D eigenvalue weighted by molar-refractivity contribution is 0.491. The Balaban J connectivity index is 2.15. The van der Waals surface area contributed by atoms with Crippen LogP contribution >= 0.6 is 0 Å². The van der Waals surface area contributed by atoms with E-state index < -0.39 is 0 Å². The van der Waals surface area contributed by atoms with Crippen LogP contribution in [-0.4, -0.2) is 12.6 Å². The first-order valence-corrected chi connectivity index (χ1v) is 5.49. The fourth-order valence-electron chi connectivity index (χ4n) is 2.04. The molecule has 1 rings (SSSR count). The minimum Gasteiger partial charge on any atom is -0.314 e. The lowest BCUT2D eigenvalue weighted by atomic mass is 10.0. The molecule has 1 aliphatic rings. The summed E-state index contributed by atoms with van der Waals surface area (Å²) in [6.07, 6.45) is 6.43. The van der Waals surface area contributed by atoms with Gasteiger partial charge in [-0.25, -0.2) is 0 Å². The van der Waals surface area contributed by atoms with E-state index in [-0.39, 0.29) is 0 Å². The second kappa shape index (κ2) is 6.05. The van der Waals surface area contributed by atoms with E-state index in [9.17, 15) is 0 Å². The van der Waals surface area contributed by atoms with Crippen LogP contribution in [0.3, 0.4) is 0 Å². The lowest BCUT2D eigenvalue weighted by Gasteiger charge is -2.10. The Morgan fingerprint density at radius 2 is 2.23 bits per heavy atom. The van der Waals surface area contributed by atoms with Gasteiger partial charge < -0.3 is 5.32 Å². The highest BCUT2D eigenvalue weighted by Crippen LogP contribution is 2.27. The van der Waals surface area contributed by atoms with Crippen molar-refractivity contribution in [1.82, 2.24) is 5.32 Å². The SMILES string of the molecule is CC#CCC1CCC(NCCC)C1. The molecule has 0 saturated heterocycles. The predicted octanol–water partition coefficient (Wildman–Crippen LogP) is 2.57. The van der Waals surface area contributed by atoms with Crippen molar-refractivity contribution < 1.29 is 0 Å². The van der Waals surface area contributed by atoms with E-state index in [0.29, 0.717) is 0 Å². The second-order valence-corrected chi connectivity index (χ2v) is 3.96. The van der Waals surface area contributed by atoms with Crippen molar-refractivity contribution in [3.63, 3.8) is 0 Å². The molecule has 0 aromatic carbocycles. The maximum Gasteiger partial charge on any atom is 0.0117 e. The average Bonchev–Trinajstić information content (AvgIpc) is 2.59. The van der Waals surface area contributed by atoms with Crippen molar-refractivity contribution in [2.75, 3.05) is 6.54 Å². The third kappa shape index (κ3) is 3.83. The molecule has 1 nitrogen and oxygen atoms in total. The first kappa shape index (κ1) is 10.6. The van der Waals surface area contributed by atoms with E-state index >= 15 is 0 Å². The van der Waals surface area contributed by atoms with E-state index in [1.165, 1.54) is 32.2 Å². The summed E-state index contributed by atoms with van der Waals surface area (Å²) >= 11 is 0. The van der Waals surface area contributed by atoms with Gasteiger partial charge in [-0.15, -0.1) is 11.8 Å². The molecule has 0 spiro atoms. The average molecular weight is 179 g/mol. The van der Waals surface area contributed by atoms with Crippen LogP contribution in [0.2, 0.25) is 0 Å². The van der Waals surface area contributed by atoms with E-state index in [1.54, 1.807) is 0 Å². The minimum atomic E-state index is 0.781. The summed E-state index contributed by atoms with van der Waals surface area (Å²) in [6, 6.07) is 0.781. The van der Waals surface area contributed by atoms with Gasteiger partial charge in [0.1, 0.15) is 0 Å². The molecule has 74 valence electrons. The molecule has 1 aliphatic carbocycles. The third-order valence-electron chi connectivity index (χ3n) is 2.79. The number of hydrogen-bond donors (Lipinski definition) is 1. The molecule has 2 unspecified atom stereocenters. The number of hydrogen-bond acceptors (Lipinski definition) is 1. The summed E-state index contributed by atoms with van der Waals surface area (Å²) in [7, 11) is 0. The highest BCUT2D eigenvalue weighted by atomic mass is 14.9. The number of rotatable bonds is 4. The molecular formula is C12H21N. The Hall–Kier alpha value is -0.480. The van der Waals surface area contributed by atoms with E-state index in [0.717, 1.165) is 18.4 Å². The molecule has 13 heavy (non-hydrogen) atoms. The second-order valence-electron chi connectivity index (χ2n) is 3.96. The van der Waals surface area contributed by atoms with Gasteiger partial charge in [0, 0.05) is 12.5 Å². The molecule has 2 atom stereocenters. The first-order chi connectivity index (χ1) is 6.36. The van der Waals surface area contributed by atoms with E-state index in [4.69, 9.17) is 0 Å². The van der Waals surface area contributed by atoms with Gasteiger partial charge in [-0.1, -0.05) is 6.92 Å². The van der Waals surface area contributed by atoms with Crippen LogP contribution in [0, 0.1) is 17.8 Å². The van der Waals surface area contributed by atoms with Crippen molar-refractivity contribution >= 4 is 0 Å². The Morgan fingerprint density at radius 3 is 2.92 bits per heavy atom. The van der Waals surface area contributed by atoms with E-state index in [2.05, 4.69) is 24.1 Å². The normalized spacial score (nSPS) is 26.9. The molecule has 0 heterocycles. The zero-order valence-electron chi connectivity index (χ0n) is 8.90. The van der Waals surface area contributed by atoms with Gasteiger partial charge in [0.15, 0.2) is 0 Å². The maximum absolute atomic E-state index is 3.59. The van der Waals surface area contributed by atoms with Gasteiger partial charge in [-0.05, 0) is 45.1 Å². The van der Waals surface area contributed by atoms with Crippen LogP contribution in [0.1, 0.15) is 46.0 Å². The maximum atomic E-state index is 3.59. The molecular weight excluding hydrogens is 158 g/mol. The van der Waals surface area contributed by atoms with E-state index in [1.807, 2.05) is 6.92 Å². The predicted molar refractivity (Wildman–Crippen MR) is 57.5 cm³/mol. The number of nitrogens with one attached hydrogen (secondary N) is 1. The van der Waals surface area contributed by atoms with Gasteiger partial charge >= 0.3 is 0 Å². The van der Waals surface area contributed by atoms with Crippen LogP contribution in [0.25, 0.3) is 0 Å². The Kier molecular flexibility index (Phi) is 4.93. The van der Waals surface area contributed by atoms with Crippen molar-refractivity contribution in [3.8, 4) is 11.8 Å². The summed E-state index contributed by atoms with van der Waals surface area (Å²) in [5.41, 5.74) is 0. The standard InChI is InChI=1S/C12H21N/c1-3-5-6-11-7-8-12(10-11)13-9-4-2/h11-13H,4,6-10H2,1-2H3. The van der Waals surface area contributed by atoms with Crippen molar-refractivity contribution in [2.24, 2.45) is 5.92 Å². The van der Waals surface area contributed by atoms with Crippen molar-refractivity contribution in [1.29, 1.82) is 0 Å². The summed E-state index contributed by atoms with van der Waals surface area (Å²) in [5.74, 6) is 7.03. The van der Waals surface area contributed by atoms with Gasteiger partial charge in [0.25, 0.3) is 0 Å². The fraction of sp³-hybridized carbons (Fsp3) is 0.833. The zero-order valence-corrected chi connectivity index (χ0v) is 8.90. The van der Waals surface area contributed by atoms with Crippen LogP contribution in [0.4, 0.5) is 0 Å². The summed E-state index contributed by atoms with van der Waals surface area (Å²) < 4.78 is 0. The highest BCUT2D eigenvalue weighted by molar-refractivity contribution is 4.98. The largest absolute Gasteiger partial charge is 0.314 e. The molecule has 1 saturated carbocycles. The van der Waals surface area contributed by atoms with Crippen molar-refractivity contribution in [2.45, 2.75) is 52.0 Å². The summed E-state index contributed by atoms with van der Waals surface area (Å²) in [4.78, 5) is 0. The third-order valence-corrected chi connectivity index (χ3v) is 2.79. The molecule has 1 N–H and O–H groups in total. The van der Waals surface area contributed by atoms with Crippen LogP contribution in [0.5, 0.6) is 0 Å². The first-order valence-electron chi connectivity index (χ1n) is 5.49. The molecule has 0 aromatic rings. The molecule has 1 fully saturated rings. The topological polar surface area (TPSA) is 12.0 Å². The molecule has 1 heteroatoms. The minimum absolute atomic E-state index is 0.781. The molecule has 0 bridgehead atoms. The highest BCUT2D eigenvalue weighted by Gasteiger charge is 2.22. The molecule has 0 aliphatic heterocycles. The van der Waals surface area contributed by atoms with Crippen LogP contribution in [-0.2, 0) is 0 Å². The summed E-state index contributed by atoms with van der Waals surface area (Å²) in [6.45, 7) is 5.33. The lowest BCUT2D eigenvalue weighted by Crippen LogP contribution is -2.26. The van der Waals surface area contributed by atoms with Gasteiger partial charge in [0.2, 0.25) is 0 Å². The summed E-state index contributed by atoms with van der Waals surface area (Å²) in [5, 5.41) is 3.59. The smallest absolute Gasteiger partial charge is 0.0117 e. The van der Waals surface area contributed by atoms with Gasteiger partial charge in [0.05, 0.1) is 0 Å². The molecule has 0 radical (unpaired) electrons. The zero-order chi connectivity index (χ0) is 9.52. The Bertz CT molecular complexity index is 187. The van der Waals surface area contributed by atoms with Gasteiger partial charge in [-0.2, -0.15) is 0 Å². The monoisotopic (exact) mass is 179 g/mol. The van der Waals surface area contributed by atoms with Crippen LogP contribution < -0.4 is 5.32 Å². The quantitative estimate of drug-likeness (QED) is 0.654. The van der Waals surface area contributed by atoms with Crippen LogP contribution in [0.15, 0.2) is 0 Å². The van der Waals surface area contributed by atoms with Crippen molar-refractivity contribution in [3.05, 3.63) is 0 Å².